The van der Waals surface area contributed by atoms with Crippen molar-refractivity contribution in [2.75, 3.05) is 18.5 Å². The van der Waals surface area contributed by atoms with Crippen molar-refractivity contribution in [3.63, 3.8) is 0 Å². The molecule has 2 heterocycles. The minimum atomic E-state index is 0.135. The zero-order valence-electron chi connectivity index (χ0n) is 13.6. The van der Waals surface area contributed by atoms with E-state index in [1.807, 2.05) is 18.2 Å². The zero-order chi connectivity index (χ0) is 16.4. The van der Waals surface area contributed by atoms with Crippen molar-refractivity contribution in [1.82, 2.24) is 9.97 Å². The van der Waals surface area contributed by atoms with Crippen LogP contribution in [0, 0.1) is 0 Å². The van der Waals surface area contributed by atoms with Crippen LogP contribution >= 0.6 is 0 Å². The minimum absolute atomic E-state index is 0.135. The number of benzene rings is 1. The van der Waals surface area contributed by atoms with Gasteiger partial charge in [0.1, 0.15) is 0 Å². The Balaban J connectivity index is 1.51. The lowest BCUT2D eigenvalue weighted by atomic mass is 9.82. The van der Waals surface area contributed by atoms with Gasteiger partial charge in [0, 0.05) is 25.8 Å². The summed E-state index contributed by atoms with van der Waals surface area (Å²) < 4.78 is 5.61. The number of nitrogens with zero attached hydrogens (tertiary/aromatic N) is 2. The van der Waals surface area contributed by atoms with Gasteiger partial charge in [-0.25, -0.2) is 9.97 Å². The van der Waals surface area contributed by atoms with Gasteiger partial charge in [0.15, 0.2) is 5.78 Å². The van der Waals surface area contributed by atoms with E-state index in [0.29, 0.717) is 17.9 Å². The van der Waals surface area contributed by atoms with Gasteiger partial charge < -0.3 is 10.1 Å². The summed E-state index contributed by atoms with van der Waals surface area (Å²) in [5, 5.41) is 3.25. The smallest absolute Gasteiger partial charge is 0.222 e. The Hall–Kier alpha value is -2.27. The summed E-state index contributed by atoms with van der Waals surface area (Å²) in [6.07, 6.45) is 5.41. The maximum atomic E-state index is 12.4. The molecule has 1 aromatic heterocycles. The molecule has 5 nitrogen and oxygen atoms in total. The van der Waals surface area contributed by atoms with Gasteiger partial charge in [-0.15, -0.1) is 0 Å². The lowest BCUT2D eigenvalue weighted by Gasteiger charge is -2.23. The van der Waals surface area contributed by atoms with Gasteiger partial charge in [0.25, 0.3) is 0 Å². The second-order valence-electron chi connectivity index (χ2n) is 6.51. The van der Waals surface area contributed by atoms with Crippen LogP contribution in [-0.4, -0.2) is 35.0 Å². The molecule has 2 aliphatic rings. The van der Waals surface area contributed by atoms with Gasteiger partial charge in [-0.05, 0) is 30.7 Å². The number of nitrogens with one attached hydrogen (secondary N) is 1. The van der Waals surface area contributed by atoms with Crippen LogP contribution in [0.4, 0.5) is 5.95 Å². The Labute approximate surface area is 141 Å². The Kier molecular flexibility index (Phi) is 4.26. The van der Waals surface area contributed by atoms with E-state index in [9.17, 15) is 4.79 Å². The zero-order valence-corrected chi connectivity index (χ0v) is 13.6. The fourth-order valence-corrected chi connectivity index (χ4v) is 3.50. The number of carbonyl (C=O) groups is 1. The molecule has 124 valence electrons. The number of hydrogen-bond acceptors (Lipinski definition) is 5. The first-order valence-corrected chi connectivity index (χ1v) is 8.59. The molecule has 1 saturated heterocycles. The number of ether oxygens (including phenoxy) is 1. The lowest BCUT2D eigenvalue weighted by Crippen LogP contribution is -2.23. The van der Waals surface area contributed by atoms with Crippen LogP contribution < -0.4 is 5.32 Å². The van der Waals surface area contributed by atoms with Crippen molar-refractivity contribution >= 4 is 11.7 Å². The predicted octanol–water partition coefficient (Wildman–Crippen LogP) is 2.98. The number of hydrogen-bond donors (Lipinski definition) is 1. The molecule has 5 heteroatoms. The first-order chi connectivity index (χ1) is 11.8. The highest BCUT2D eigenvalue weighted by Gasteiger charge is 2.28. The SMILES string of the molecule is O=C1C[C@H](c2ccccc2)Cc2nc(NC[C@@H]3CCCO3)ncc21. The van der Waals surface area contributed by atoms with Gasteiger partial charge in [0.2, 0.25) is 5.95 Å². The van der Waals surface area contributed by atoms with Gasteiger partial charge >= 0.3 is 0 Å². The standard InChI is InChI=1S/C19H21N3O2/c23-18-10-14(13-5-2-1-3-6-13)9-17-16(18)12-21-19(22-17)20-11-15-7-4-8-24-15/h1-3,5-6,12,14-15H,4,7-11H2,(H,20,21,22)/t14-,15+/m1/s1. The Morgan fingerprint density at radius 2 is 2.08 bits per heavy atom. The minimum Gasteiger partial charge on any atom is -0.376 e. The Morgan fingerprint density at radius 3 is 2.88 bits per heavy atom. The summed E-state index contributed by atoms with van der Waals surface area (Å²) in [4.78, 5) is 21.3. The first kappa shape index (κ1) is 15.3. The van der Waals surface area contributed by atoms with E-state index in [2.05, 4.69) is 27.4 Å². The quantitative estimate of drug-likeness (QED) is 0.937. The molecule has 1 aromatic carbocycles. The van der Waals surface area contributed by atoms with Crippen molar-refractivity contribution in [1.29, 1.82) is 0 Å². The second kappa shape index (κ2) is 6.69. The van der Waals surface area contributed by atoms with Gasteiger partial charge in [0.05, 0.1) is 17.4 Å². The van der Waals surface area contributed by atoms with Crippen LogP contribution in [0.25, 0.3) is 0 Å². The van der Waals surface area contributed by atoms with Crippen LogP contribution in [0.15, 0.2) is 36.5 Å². The summed E-state index contributed by atoms with van der Waals surface area (Å²) in [6, 6.07) is 10.2. The topological polar surface area (TPSA) is 64.1 Å². The van der Waals surface area contributed by atoms with Crippen molar-refractivity contribution in [2.45, 2.75) is 37.7 Å². The van der Waals surface area contributed by atoms with Crippen LogP contribution in [-0.2, 0) is 11.2 Å². The van der Waals surface area contributed by atoms with Crippen LogP contribution in [0.3, 0.4) is 0 Å². The largest absolute Gasteiger partial charge is 0.376 e. The molecule has 0 radical (unpaired) electrons. The number of rotatable bonds is 4. The molecule has 2 atom stereocenters. The third-order valence-corrected chi connectivity index (χ3v) is 4.82. The number of ketones is 1. The van der Waals surface area contributed by atoms with E-state index in [1.165, 1.54) is 5.56 Å². The van der Waals surface area contributed by atoms with Gasteiger partial charge in [-0.3, -0.25) is 4.79 Å². The monoisotopic (exact) mass is 323 g/mol. The highest BCUT2D eigenvalue weighted by atomic mass is 16.5. The molecule has 1 aliphatic carbocycles. The molecule has 0 spiro atoms. The van der Waals surface area contributed by atoms with E-state index >= 15 is 0 Å². The van der Waals surface area contributed by atoms with Crippen molar-refractivity contribution in [2.24, 2.45) is 0 Å². The number of aromatic nitrogens is 2. The average Bonchev–Trinajstić information content (AvgIpc) is 3.14. The molecular formula is C19H21N3O2. The number of fused-ring (bicyclic) bond motifs is 1. The first-order valence-electron chi connectivity index (χ1n) is 8.59. The molecule has 1 N–H and O–H groups in total. The van der Waals surface area contributed by atoms with Gasteiger partial charge in [-0.1, -0.05) is 30.3 Å². The van der Waals surface area contributed by atoms with Crippen LogP contribution in [0.1, 0.15) is 46.8 Å². The number of carbonyl (C=O) groups excluding carboxylic acids is 1. The normalized spacial score (nSPS) is 23.1. The van der Waals surface area contributed by atoms with Crippen molar-refractivity contribution < 1.29 is 9.53 Å². The van der Waals surface area contributed by atoms with Crippen molar-refractivity contribution in [3.8, 4) is 0 Å². The maximum absolute atomic E-state index is 12.4. The molecule has 24 heavy (non-hydrogen) atoms. The highest BCUT2D eigenvalue weighted by molar-refractivity contribution is 5.98. The Morgan fingerprint density at radius 1 is 1.21 bits per heavy atom. The Bertz CT molecular complexity index is 727. The molecular weight excluding hydrogens is 302 g/mol. The van der Waals surface area contributed by atoms with Gasteiger partial charge in [-0.2, -0.15) is 0 Å². The summed E-state index contributed by atoms with van der Waals surface area (Å²) in [5.41, 5.74) is 2.72. The molecule has 0 amide bonds. The third kappa shape index (κ3) is 3.17. The van der Waals surface area contributed by atoms with Crippen LogP contribution in [0.5, 0.6) is 0 Å². The lowest BCUT2D eigenvalue weighted by molar-refractivity contribution is 0.0962. The summed E-state index contributed by atoms with van der Waals surface area (Å²) in [6.45, 7) is 1.56. The van der Waals surface area contributed by atoms with E-state index in [-0.39, 0.29) is 17.8 Å². The summed E-state index contributed by atoms with van der Waals surface area (Å²) >= 11 is 0. The maximum Gasteiger partial charge on any atom is 0.222 e. The average molecular weight is 323 g/mol. The molecule has 0 bridgehead atoms. The van der Waals surface area contributed by atoms with Crippen molar-refractivity contribution in [3.05, 3.63) is 53.3 Å². The molecule has 2 aromatic rings. The highest BCUT2D eigenvalue weighted by Crippen LogP contribution is 2.31. The summed E-state index contributed by atoms with van der Waals surface area (Å²) in [5.74, 6) is 0.925. The van der Waals surface area contributed by atoms with Crippen LogP contribution in [0.2, 0.25) is 0 Å². The molecule has 1 fully saturated rings. The molecule has 1 aliphatic heterocycles. The number of anilines is 1. The second-order valence-corrected chi connectivity index (χ2v) is 6.51. The summed E-state index contributed by atoms with van der Waals surface area (Å²) in [7, 11) is 0. The third-order valence-electron chi connectivity index (χ3n) is 4.82. The van der Waals surface area contributed by atoms with E-state index in [4.69, 9.17) is 4.74 Å². The predicted molar refractivity (Wildman–Crippen MR) is 91.3 cm³/mol. The van der Waals surface area contributed by atoms with E-state index in [0.717, 1.165) is 38.1 Å². The fraction of sp³-hybridized carbons (Fsp3) is 0.421. The van der Waals surface area contributed by atoms with E-state index < -0.39 is 0 Å². The molecule has 4 rings (SSSR count). The fourth-order valence-electron chi connectivity index (χ4n) is 3.50. The number of Topliss-reactive ketones (excluding diaryl/α,β-unsaturated/α-hetero) is 1. The molecule has 0 unspecified atom stereocenters. The molecule has 0 saturated carbocycles. The van der Waals surface area contributed by atoms with E-state index in [1.54, 1.807) is 6.20 Å².